The van der Waals surface area contributed by atoms with E-state index in [4.69, 9.17) is 4.74 Å². The molecule has 4 bridgehead atoms. The molecule has 5 rings (SSSR count). The zero-order valence-corrected chi connectivity index (χ0v) is 15.9. The second-order valence-electron chi connectivity index (χ2n) is 8.28. The van der Waals surface area contributed by atoms with Crippen LogP contribution in [-0.4, -0.2) is 19.6 Å². The first-order valence-electron chi connectivity index (χ1n) is 9.15. The second-order valence-corrected chi connectivity index (χ2v) is 9.13. The summed E-state index contributed by atoms with van der Waals surface area (Å²) in [5.41, 5.74) is 2.18. The lowest BCUT2D eigenvalue weighted by atomic mass is 9.49. The minimum absolute atomic E-state index is 0.261. The van der Waals surface area contributed by atoms with E-state index in [0.29, 0.717) is 17.5 Å². The van der Waals surface area contributed by atoms with Crippen molar-refractivity contribution in [3.63, 3.8) is 0 Å². The fourth-order valence-electron chi connectivity index (χ4n) is 6.00. The standard InChI is InChI=1S/C20H26BrNO2/c1-24-19(23)16-3-2-4-18(21)17(16)11-22-12-20-8-13-5-14(9-20)7-15(6-13)10-20/h2-4,13-15,22H,5-12H2,1H3. The number of ether oxygens (including phenoxy) is 1. The molecule has 130 valence electrons. The second kappa shape index (κ2) is 6.45. The van der Waals surface area contributed by atoms with Crippen LogP contribution in [0.5, 0.6) is 0 Å². The summed E-state index contributed by atoms with van der Waals surface area (Å²) in [5, 5.41) is 3.68. The Hall–Kier alpha value is -0.870. The van der Waals surface area contributed by atoms with Gasteiger partial charge in [-0.2, -0.15) is 0 Å². The highest BCUT2D eigenvalue weighted by molar-refractivity contribution is 9.10. The third kappa shape index (κ3) is 3.03. The Balaban J connectivity index is 1.44. The quantitative estimate of drug-likeness (QED) is 0.748. The molecule has 4 aliphatic carbocycles. The third-order valence-corrected chi connectivity index (χ3v) is 7.23. The number of carbonyl (C=O) groups is 1. The number of esters is 1. The van der Waals surface area contributed by atoms with E-state index < -0.39 is 0 Å². The molecular formula is C20H26BrNO2. The zero-order chi connectivity index (χ0) is 16.7. The van der Waals surface area contributed by atoms with E-state index >= 15 is 0 Å². The Kier molecular flexibility index (Phi) is 4.46. The van der Waals surface area contributed by atoms with Gasteiger partial charge in [0.25, 0.3) is 0 Å². The van der Waals surface area contributed by atoms with Gasteiger partial charge in [-0.15, -0.1) is 0 Å². The summed E-state index contributed by atoms with van der Waals surface area (Å²) in [4.78, 5) is 12.0. The van der Waals surface area contributed by atoms with Gasteiger partial charge in [0, 0.05) is 17.6 Å². The van der Waals surface area contributed by atoms with Gasteiger partial charge in [-0.05, 0) is 79.4 Å². The fourth-order valence-corrected chi connectivity index (χ4v) is 6.51. The van der Waals surface area contributed by atoms with Crippen molar-refractivity contribution in [3.05, 3.63) is 33.8 Å². The molecule has 0 heterocycles. The summed E-state index contributed by atoms with van der Waals surface area (Å²) < 4.78 is 5.90. The molecular weight excluding hydrogens is 366 g/mol. The molecule has 0 radical (unpaired) electrons. The summed E-state index contributed by atoms with van der Waals surface area (Å²) in [6, 6.07) is 5.73. The average molecular weight is 392 g/mol. The smallest absolute Gasteiger partial charge is 0.338 e. The van der Waals surface area contributed by atoms with Gasteiger partial charge in [-0.25, -0.2) is 4.79 Å². The Morgan fingerprint density at radius 1 is 1.21 bits per heavy atom. The number of hydrogen-bond donors (Lipinski definition) is 1. The maximum absolute atomic E-state index is 12.0. The molecule has 1 aromatic carbocycles. The number of rotatable bonds is 5. The van der Waals surface area contributed by atoms with Crippen molar-refractivity contribution in [1.82, 2.24) is 5.32 Å². The van der Waals surface area contributed by atoms with Gasteiger partial charge in [0.1, 0.15) is 0 Å². The zero-order valence-electron chi connectivity index (χ0n) is 14.3. The highest BCUT2D eigenvalue weighted by Gasteiger charge is 2.50. The highest BCUT2D eigenvalue weighted by Crippen LogP contribution is 2.59. The first-order chi connectivity index (χ1) is 11.6. The summed E-state index contributed by atoms with van der Waals surface area (Å²) in [6.07, 6.45) is 8.67. The Bertz CT molecular complexity index is 607. The predicted molar refractivity (Wildman–Crippen MR) is 97.8 cm³/mol. The molecule has 0 aromatic heterocycles. The predicted octanol–water partition coefficient (Wildman–Crippen LogP) is 4.54. The van der Waals surface area contributed by atoms with Crippen LogP contribution in [-0.2, 0) is 11.3 Å². The Morgan fingerprint density at radius 2 is 1.83 bits per heavy atom. The van der Waals surface area contributed by atoms with Gasteiger partial charge in [-0.3, -0.25) is 0 Å². The van der Waals surface area contributed by atoms with Gasteiger partial charge in [0.05, 0.1) is 12.7 Å². The molecule has 0 amide bonds. The van der Waals surface area contributed by atoms with E-state index in [1.165, 1.54) is 45.6 Å². The summed E-state index contributed by atoms with van der Waals surface area (Å²) in [5.74, 6) is 2.68. The number of hydrogen-bond acceptors (Lipinski definition) is 3. The Morgan fingerprint density at radius 3 is 2.42 bits per heavy atom. The molecule has 3 nitrogen and oxygen atoms in total. The van der Waals surface area contributed by atoms with Gasteiger partial charge in [0.15, 0.2) is 0 Å². The monoisotopic (exact) mass is 391 g/mol. The van der Waals surface area contributed by atoms with Crippen molar-refractivity contribution >= 4 is 21.9 Å². The van der Waals surface area contributed by atoms with Crippen molar-refractivity contribution in [2.45, 2.75) is 45.1 Å². The molecule has 4 heteroatoms. The van der Waals surface area contributed by atoms with Crippen LogP contribution in [0.4, 0.5) is 0 Å². The minimum atomic E-state index is -0.261. The lowest BCUT2D eigenvalue weighted by molar-refractivity contribution is -0.0514. The number of halogens is 1. The first-order valence-corrected chi connectivity index (χ1v) is 9.94. The van der Waals surface area contributed by atoms with Crippen LogP contribution in [0.1, 0.15) is 54.4 Å². The molecule has 0 saturated heterocycles. The molecule has 24 heavy (non-hydrogen) atoms. The summed E-state index contributed by atoms with van der Waals surface area (Å²) in [6.45, 7) is 1.80. The molecule has 4 saturated carbocycles. The van der Waals surface area contributed by atoms with Crippen molar-refractivity contribution in [1.29, 1.82) is 0 Å². The number of methoxy groups -OCH3 is 1. The largest absolute Gasteiger partial charge is 0.465 e. The van der Waals surface area contributed by atoms with Crippen LogP contribution in [0, 0.1) is 23.2 Å². The van der Waals surface area contributed by atoms with Gasteiger partial charge in [0.2, 0.25) is 0 Å². The van der Waals surface area contributed by atoms with Crippen LogP contribution in [0.2, 0.25) is 0 Å². The van der Waals surface area contributed by atoms with Crippen LogP contribution in [0.25, 0.3) is 0 Å². The van der Waals surface area contributed by atoms with E-state index in [1.807, 2.05) is 18.2 Å². The van der Waals surface area contributed by atoms with Crippen LogP contribution >= 0.6 is 15.9 Å². The number of benzene rings is 1. The Labute approximate surface area is 152 Å². The van der Waals surface area contributed by atoms with Gasteiger partial charge >= 0.3 is 5.97 Å². The summed E-state index contributed by atoms with van der Waals surface area (Å²) in [7, 11) is 1.44. The van der Waals surface area contributed by atoms with Gasteiger partial charge < -0.3 is 10.1 Å². The van der Waals surface area contributed by atoms with Crippen LogP contribution in [0.15, 0.2) is 22.7 Å². The maximum atomic E-state index is 12.0. The van der Waals surface area contributed by atoms with Crippen molar-refractivity contribution < 1.29 is 9.53 Å². The molecule has 0 spiro atoms. The molecule has 4 aliphatic rings. The van der Waals surface area contributed by atoms with Crippen LogP contribution in [0.3, 0.4) is 0 Å². The SMILES string of the molecule is COC(=O)c1cccc(Br)c1CNCC12CC3CC(CC(C3)C1)C2. The van der Waals surface area contributed by atoms with E-state index in [0.717, 1.165) is 34.3 Å². The third-order valence-electron chi connectivity index (χ3n) is 6.49. The van der Waals surface area contributed by atoms with Crippen molar-refractivity contribution in [2.75, 3.05) is 13.7 Å². The van der Waals surface area contributed by atoms with E-state index in [-0.39, 0.29) is 5.97 Å². The molecule has 0 unspecified atom stereocenters. The topological polar surface area (TPSA) is 38.3 Å². The first kappa shape index (κ1) is 16.6. The molecule has 1 N–H and O–H groups in total. The van der Waals surface area contributed by atoms with Crippen molar-refractivity contribution in [2.24, 2.45) is 23.2 Å². The average Bonchev–Trinajstić information content (AvgIpc) is 2.54. The lowest BCUT2D eigenvalue weighted by Crippen LogP contribution is -2.50. The molecule has 0 atom stereocenters. The molecule has 4 fully saturated rings. The molecule has 0 aliphatic heterocycles. The van der Waals surface area contributed by atoms with E-state index in [2.05, 4.69) is 21.2 Å². The lowest BCUT2D eigenvalue weighted by Gasteiger charge is -2.57. The minimum Gasteiger partial charge on any atom is -0.465 e. The normalized spacial score (nSPS) is 33.7. The summed E-state index contributed by atoms with van der Waals surface area (Å²) >= 11 is 3.59. The highest BCUT2D eigenvalue weighted by atomic mass is 79.9. The number of nitrogens with one attached hydrogen (secondary N) is 1. The van der Waals surface area contributed by atoms with Gasteiger partial charge in [-0.1, -0.05) is 22.0 Å². The van der Waals surface area contributed by atoms with E-state index in [1.54, 1.807) is 0 Å². The maximum Gasteiger partial charge on any atom is 0.338 e. The molecule has 1 aromatic rings. The van der Waals surface area contributed by atoms with Crippen LogP contribution < -0.4 is 5.32 Å². The fraction of sp³-hybridized carbons (Fsp3) is 0.650. The van der Waals surface area contributed by atoms with E-state index in [9.17, 15) is 4.79 Å². The van der Waals surface area contributed by atoms with Crippen molar-refractivity contribution in [3.8, 4) is 0 Å². The number of carbonyl (C=O) groups excluding carboxylic acids is 1.